The molecule has 4 heteroatoms. The first-order valence-electron chi connectivity index (χ1n) is 3.89. The standard InChI is InChI=1S/C7H11N3S/c1-8-7-9-6(10-11-7)4-5-2-3-5/h5H,2-4H2,1H3,(H,8,9,10). The van der Waals surface area contributed by atoms with Gasteiger partial charge in [0, 0.05) is 25.0 Å². The number of hydrogen-bond donors (Lipinski definition) is 1. The Balaban J connectivity index is 1.99. The molecule has 1 fully saturated rings. The van der Waals surface area contributed by atoms with Crippen molar-refractivity contribution in [2.45, 2.75) is 19.3 Å². The van der Waals surface area contributed by atoms with Gasteiger partial charge in [0.2, 0.25) is 5.13 Å². The van der Waals surface area contributed by atoms with Crippen LogP contribution in [-0.4, -0.2) is 16.4 Å². The van der Waals surface area contributed by atoms with E-state index in [1.165, 1.54) is 24.4 Å². The Morgan fingerprint density at radius 2 is 2.45 bits per heavy atom. The molecule has 1 N–H and O–H groups in total. The van der Waals surface area contributed by atoms with Gasteiger partial charge in [0.1, 0.15) is 5.82 Å². The number of aromatic nitrogens is 2. The summed E-state index contributed by atoms with van der Waals surface area (Å²) in [6.45, 7) is 0. The summed E-state index contributed by atoms with van der Waals surface area (Å²) < 4.78 is 4.24. The van der Waals surface area contributed by atoms with Gasteiger partial charge in [0.05, 0.1) is 0 Å². The van der Waals surface area contributed by atoms with Crippen molar-refractivity contribution >= 4 is 16.7 Å². The van der Waals surface area contributed by atoms with Gasteiger partial charge >= 0.3 is 0 Å². The van der Waals surface area contributed by atoms with Crippen molar-refractivity contribution in [2.75, 3.05) is 12.4 Å². The van der Waals surface area contributed by atoms with Crippen LogP contribution in [-0.2, 0) is 6.42 Å². The maximum absolute atomic E-state index is 4.31. The van der Waals surface area contributed by atoms with Crippen molar-refractivity contribution in [1.29, 1.82) is 0 Å². The van der Waals surface area contributed by atoms with Crippen LogP contribution in [0.5, 0.6) is 0 Å². The van der Waals surface area contributed by atoms with E-state index in [0.717, 1.165) is 23.3 Å². The molecule has 0 amide bonds. The summed E-state index contributed by atoms with van der Waals surface area (Å²) in [5.74, 6) is 1.90. The molecule has 0 radical (unpaired) electrons. The molecule has 0 spiro atoms. The van der Waals surface area contributed by atoms with E-state index in [-0.39, 0.29) is 0 Å². The molecule has 0 atom stereocenters. The molecule has 2 rings (SSSR count). The lowest BCUT2D eigenvalue weighted by molar-refractivity contribution is 0.788. The van der Waals surface area contributed by atoms with Gasteiger partial charge in [0.15, 0.2) is 0 Å². The molecule has 0 aliphatic heterocycles. The fraction of sp³-hybridized carbons (Fsp3) is 0.714. The maximum Gasteiger partial charge on any atom is 0.202 e. The molecule has 11 heavy (non-hydrogen) atoms. The van der Waals surface area contributed by atoms with Crippen LogP contribution in [0.2, 0.25) is 0 Å². The molecular weight excluding hydrogens is 158 g/mol. The molecule has 1 aromatic heterocycles. The molecular formula is C7H11N3S. The Morgan fingerprint density at radius 1 is 1.64 bits per heavy atom. The van der Waals surface area contributed by atoms with E-state index in [0.29, 0.717) is 0 Å². The van der Waals surface area contributed by atoms with Crippen molar-refractivity contribution in [1.82, 2.24) is 9.36 Å². The van der Waals surface area contributed by atoms with Crippen LogP contribution >= 0.6 is 11.5 Å². The number of nitrogens with zero attached hydrogens (tertiary/aromatic N) is 2. The van der Waals surface area contributed by atoms with E-state index >= 15 is 0 Å². The predicted molar refractivity (Wildman–Crippen MR) is 45.9 cm³/mol. The summed E-state index contributed by atoms with van der Waals surface area (Å²) in [4.78, 5) is 4.31. The third-order valence-electron chi connectivity index (χ3n) is 1.85. The first kappa shape index (κ1) is 7.03. The summed E-state index contributed by atoms with van der Waals surface area (Å²) in [5, 5.41) is 3.92. The topological polar surface area (TPSA) is 37.8 Å². The molecule has 1 aromatic rings. The molecule has 1 aliphatic carbocycles. The Hall–Kier alpha value is -0.640. The van der Waals surface area contributed by atoms with Gasteiger partial charge < -0.3 is 5.32 Å². The van der Waals surface area contributed by atoms with E-state index in [1.54, 1.807) is 0 Å². The van der Waals surface area contributed by atoms with Gasteiger partial charge in [-0.15, -0.1) is 0 Å². The molecule has 3 nitrogen and oxygen atoms in total. The highest BCUT2D eigenvalue weighted by atomic mass is 32.1. The van der Waals surface area contributed by atoms with Crippen molar-refractivity contribution in [3.05, 3.63) is 5.82 Å². The fourth-order valence-corrected chi connectivity index (χ4v) is 1.56. The lowest BCUT2D eigenvalue weighted by Crippen LogP contribution is -1.91. The van der Waals surface area contributed by atoms with Crippen LogP contribution in [0.4, 0.5) is 5.13 Å². The Labute approximate surface area is 70.0 Å². The zero-order valence-corrected chi connectivity index (χ0v) is 7.32. The second-order valence-electron chi connectivity index (χ2n) is 2.91. The zero-order chi connectivity index (χ0) is 7.68. The van der Waals surface area contributed by atoms with Gasteiger partial charge in [-0.3, -0.25) is 0 Å². The number of anilines is 1. The first-order valence-corrected chi connectivity index (χ1v) is 4.66. The van der Waals surface area contributed by atoms with Crippen LogP contribution in [0.15, 0.2) is 0 Å². The molecule has 1 aliphatic rings. The van der Waals surface area contributed by atoms with Gasteiger partial charge in [-0.1, -0.05) is 0 Å². The highest BCUT2D eigenvalue weighted by Crippen LogP contribution is 2.32. The minimum atomic E-state index is 0.884. The van der Waals surface area contributed by atoms with E-state index in [4.69, 9.17) is 0 Å². The predicted octanol–water partition coefficient (Wildman–Crippen LogP) is 1.53. The van der Waals surface area contributed by atoms with Crippen molar-refractivity contribution in [3.8, 4) is 0 Å². The van der Waals surface area contributed by atoms with E-state index in [9.17, 15) is 0 Å². The third-order valence-corrected chi connectivity index (χ3v) is 2.62. The molecule has 60 valence electrons. The third kappa shape index (κ3) is 1.68. The Bertz CT molecular complexity index is 242. The highest BCUT2D eigenvalue weighted by molar-refractivity contribution is 7.09. The van der Waals surface area contributed by atoms with Gasteiger partial charge in [-0.25, -0.2) is 4.98 Å². The average molecular weight is 169 g/mol. The lowest BCUT2D eigenvalue weighted by Gasteiger charge is -1.88. The summed E-state index contributed by atoms with van der Waals surface area (Å²) in [6.07, 6.45) is 3.82. The smallest absolute Gasteiger partial charge is 0.202 e. The highest BCUT2D eigenvalue weighted by Gasteiger charge is 2.23. The van der Waals surface area contributed by atoms with E-state index < -0.39 is 0 Å². The monoisotopic (exact) mass is 169 g/mol. The quantitative estimate of drug-likeness (QED) is 0.745. The second kappa shape index (κ2) is 2.77. The lowest BCUT2D eigenvalue weighted by atomic mass is 10.3. The van der Waals surface area contributed by atoms with Crippen LogP contribution in [0, 0.1) is 5.92 Å². The van der Waals surface area contributed by atoms with Crippen LogP contribution in [0.3, 0.4) is 0 Å². The summed E-state index contributed by atoms with van der Waals surface area (Å²) in [7, 11) is 1.88. The van der Waals surface area contributed by atoms with Crippen LogP contribution in [0.25, 0.3) is 0 Å². The maximum atomic E-state index is 4.31. The van der Waals surface area contributed by atoms with Crippen molar-refractivity contribution in [3.63, 3.8) is 0 Å². The van der Waals surface area contributed by atoms with Gasteiger partial charge in [-0.2, -0.15) is 4.37 Å². The van der Waals surface area contributed by atoms with Crippen LogP contribution in [0.1, 0.15) is 18.7 Å². The summed E-state index contributed by atoms with van der Waals surface area (Å²) in [6, 6.07) is 0. The second-order valence-corrected chi connectivity index (χ2v) is 3.67. The summed E-state index contributed by atoms with van der Waals surface area (Å²) >= 11 is 1.45. The molecule has 0 unspecified atom stereocenters. The van der Waals surface area contributed by atoms with Crippen molar-refractivity contribution < 1.29 is 0 Å². The van der Waals surface area contributed by atoms with Gasteiger partial charge in [0.25, 0.3) is 0 Å². The molecule has 0 aromatic carbocycles. The first-order chi connectivity index (χ1) is 5.38. The van der Waals surface area contributed by atoms with Gasteiger partial charge in [-0.05, 0) is 18.8 Å². The number of hydrogen-bond acceptors (Lipinski definition) is 4. The molecule has 1 heterocycles. The van der Waals surface area contributed by atoms with E-state index in [1.807, 2.05) is 7.05 Å². The van der Waals surface area contributed by atoms with Crippen LogP contribution < -0.4 is 5.32 Å². The average Bonchev–Trinajstić information content (AvgIpc) is 2.68. The largest absolute Gasteiger partial charge is 0.363 e. The SMILES string of the molecule is CNc1nc(CC2CC2)ns1. The molecule has 1 saturated carbocycles. The Morgan fingerprint density at radius 3 is 3.00 bits per heavy atom. The minimum absolute atomic E-state index is 0.884. The number of rotatable bonds is 3. The zero-order valence-electron chi connectivity index (χ0n) is 6.50. The Kier molecular flexibility index (Phi) is 1.77. The van der Waals surface area contributed by atoms with E-state index in [2.05, 4.69) is 14.7 Å². The minimum Gasteiger partial charge on any atom is -0.363 e. The number of nitrogens with one attached hydrogen (secondary N) is 1. The molecule has 0 bridgehead atoms. The fourth-order valence-electron chi connectivity index (χ4n) is 1.02. The summed E-state index contributed by atoms with van der Waals surface area (Å²) in [5.41, 5.74) is 0. The van der Waals surface area contributed by atoms with Crippen molar-refractivity contribution in [2.24, 2.45) is 5.92 Å². The molecule has 0 saturated heterocycles. The normalized spacial score (nSPS) is 16.8.